The number of thioether (sulfide) groups is 1. The summed E-state index contributed by atoms with van der Waals surface area (Å²) < 4.78 is 6.21. The molecule has 2 aromatic heterocycles. The van der Waals surface area contributed by atoms with E-state index in [0.29, 0.717) is 0 Å². The molecule has 1 atom stereocenters. The van der Waals surface area contributed by atoms with Gasteiger partial charge in [0.25, 0.3) is 5.91 Å². The highest BCUT2D eigenvalue weighted by atomic mass is 32.2. The molecule has 0 saturated carbocycles. The first kappa shape index (κ1) is 16.0. The number of pyridine rings is 1. The Bertz CT molecular complexity index is 734. The maximum Gasteiger partial charge on any atom is 0.264 e. The summed E-state index contributed by atoms with van der Waals surface area (Å²) in [7, 11) is 0. The Morgan fingerprint density at radius 1 is 1.42 bits per heavy atom. The molecular weight excluding hydrogens is 340 g/mol. The Hall–Kier alpha value is -1.53. The van der Waals surface area contributed by atoms with Crippen LogP contribution in [0.4, 0.5) is 0 Å². The van der Waals surface area contributed by atoms with Crippen molar-refractivity contribution >= 4 is 29.0 Å². The maximum absolute atomic E-state index is 12.6. The van der Waals surface area contributed by atoms with Crippen molar-refractivity contribution in [3.05, 3.63) is 45.9 Å². The summed E-state index contributed by atoms with van der Waals surface area (Å²) >= 11 is 3.55. The number of aryl methyl sites for hydroxylation is 2. The van der Waals surface area contributed by atoms with E-state index >= 15 is 0 Å². The van der Waals surface area contributed by atoms with Crippen molar-refractivity contribution in [3.8, 4) is 5.75 Å². The Morgan fingerprint density at radius 3 is 2.92 bits per heavy atom. The van der Waals surface area contributed by atoms with Crippen LogP contribution in [0.5, 0.6) is 5.75 Å². The molecule has 1 spiro atoms. The second-order valence-corrected chi connectivity index (χ2v) is 9.38. The monoisotopic (exact) mass is 360 g/mol. The van der Waals surface area contributed by atoms with Crippen molar-refractivity contribution in [1.29, 1.82) is 0 Å². The lowest BCUT2D eigenvalue weighted by Crippen LogP contribution is -2.60. The molecule has 2 aliphatic rings. The third-order valence-corrected chi connectivity index (χ3v) is 7.45. The van der Waals surface area contributed by atoms with Crippen molar-refractivity contribution in [3.63, 3.8) is 0 Å². The second-order valence-electron chi connectivity index (χ2n) is 6.64. The molecule has 0 radical (unpaired) electrons. The Kier molecular flexibility index (Phi) is 4.04. The van der Waals surface area contributed by atoms with Gasteiger partial charge in [0.1, 0.15) is 11.9 Å². The van der Waals surface area contributed by atoms with E-state index in [0.717, 1.165) is 35.9 Å². The summed E-state index contributed by atoms with van der Waals surface area (Å²) in [6.45, 7) is 5.80. The number of carbonyl (C=O) groups excluding carboxylic acids is 1. The zero-order valence-corrected chi connectivity index (χ0v) is 15.5. The van der Waals surface area contributed by atoms with Crippen LogP contribution in [0, 0.1) is 13.8 Å². The summed E-state index contributed by atoms with van der Waals surface area (Å²) in [5, 5.41) is 0. The van der Waals surface area contributed by atoms with Crippen LogP contribution in [0.25, 0.3) is 0 Å². The molecule has 0 bridgehead atoms. The van der Waals surface area contributed by atoms with E-state index in [4.69, 9.17) is 4.74 Å². The highest BCUT2D eigenvalue weighted by Crippen LogP contribution is 2.46. The lowest BCUT2D eigenvalue weighted by molar-refractivity contribution is 0.0523. The predicted octanol–water partition coefficient (Wildman–Crippen LogP) is 3.54. The fourth-order valence-corrected chi connectivity index (χ4v) is 5.86. The minimum absolute atomic E-state index is 0.180. The van der Waals surface area contributed by atoms with Crippen LogP contribution in [-0.2, 0) is 0 Å². The van der Waals surface area contributed by atoms with E-state index in [1.54, 1.807) is 23.7 Å². The summed E-state index contributed by atoms with van der Waals surface area (Å²) in [5.41, 5.74) is 1.21. The molecule has 0 N–H and O–H groups in total. The number of thiophene rings is 1. The average molecular weight is 361 g/mol. The second kappa shape index (κ2) is 6.08. The van der Waals surface area contributed by atoms with Crippen LogP contribution in [-0.4, -0.2) is 45.5 Å². The number of rotatable bonds is 3. The number of aromatic nitrogens is 1. The molecule has 2 fully saturated rings. The van der Waals surface area contributed by atoms with Crippen molar-refractivity contribution in [2.45, 2.75) is 31.1 Å². The van der Waals surface area contributed by atoms with E-state index in [2.05, 4.69) is 18.8 Å². The number of nitrogens with zero attached hydrogens (tertiary/aromatic N) is 2. The van der Waals surface area contributed by atoms with E-state index < -0.39 is 0 Å². The summed E-state index contributed by atoms with van der Waals surface area (Å²) in [4.78, 5) is 20.8. The molecule has 6 heteroatoms. The number of likely N-dealkylation sites (tertiary alicyclic amines) is 1. The lowest BCUT2D eigenvalue weighted by Gasteiger charge is -2.47. The molecule has 4 rings (SSSR count). The van der Waals surface area contributed by atoms with Gasteiger partial charge in [0.15, 0.2) is 0 Å². The van der Waals surface area contributed by atoms with Crippen LogP contribution in [0.1, 0.15) is 26.5 Å². The van der Waals surface area contributed by atoms with Crippen molar-refractivity contribution < 1.29 is 9.53 Å². The fraction of sp³-hybridized carbons (Fsp3) is 0.444. The molecule has 2 saturated heterocycles. The minimum atomic E-state index is 0.180. The van der Waals surface area contributed by atoms with E-state index in [1.807, 2.05) is 34.9 Å². The first-order valence-corrected chi connectivity index (χ1v) is 9.92. The molecule has 4 heterocycles. The van der Waals surface area contributed by atoms with Gasteiger partial charge in [-0.25, -0.2) is 0 Å². The molecule has 126 valence electrons. The van der Waals surface area contributed by atoms with Crippen LogP contribution >= 0.6 is 23.1 Å². The van der Waals surface area contributed by atoms with Gasteiger partial charge in [0, 0.05) is 36.3 Å². The zero-order chi connectivity index (χ0) is 16.7. The third-order valence-electron chi connectivity index (χ3n) is 4.73. The molecule has 1 amide bonds. The van der Waals surface area contributed by atoms with Gasteiger partial charge >= 0.3 is 0 Å². The van der Waals surface area contributed by atoms with Gasteiger partial charge in [-0.1, -0.05) is 0 Å². The fourth-order valence-electron chi connectivity index (χ4n) is 3.34. The molecule has 1 unspecified atom stereocenters. The highest BCUT2D eigenvalue weighted by Gasteiger charge is 2.51. The SMILES string of the molecule is Cc1cc(C(=O)N2CC3(CC(Oc4cccnc4)CS3)C2)sc1C. The first-order valence-electron chi connectivity index (χ1n) is 8.12. The van der Waals surface area contributed by atoms with E-state index in [-0.39, 0.29) is 16.8 Å². The quantitative estimate of drug-likeness (QED) is 0.840. The first-order chi connectivity index (χ1) is 11.5. The number of ether oxygens (including phenoxy) is 1. The zero-order valence-electron chi connectivity index (χ0n) is 13.8. The van der Waals surface area contributed by atoms with Crippen LogP contribution < -0.4 is 4.74 Å². The molecule has 2 aliphatic heterocycles. The van der Waals surface area contributed by atoms with Crippen molar-refractivity contribution in [1.82, 2.24) is 9.88 Å². The van der Waals surface area contributed by atoms with Gasteiger partial charge in [-0.2, -0.15) is 0 Å². The van der Waals surface area contributed by atoms with Gasteiger partial charge in [0.05, 0.1) is 15.8 Å². The summed E-state index contributed by atoms with van der Waals surface area (Å²) in [6.07, 6.45) is 4.72. The number of carbonyl (C=O) groups is 1. The maximum atomic E-state index is 12.6. The van der Waals surface area contributed by atoms with Gasteiger partial charge in [-0.15, -0.1) is 23.1 Å². The highest BCUT2D eigenvalue weighted by molar-refractivity contribution is 8.01. The average Bonchev–Trinajstić information content (AvgIpc) is 3.11. The van der Waals surface area contributed by atoms with Crippen molar-refractivity contribution in [2.24, 2.45) is 0 Å². The minimum Gasteiger partial charge on any atom is -0.488 e. The van der Waals surface area contributed by atoms with Crippen molar-refractivity contribution in [2.75, 3.05) is 18.8 Å². The molecule has 0 aromatic carbocycles. The molecule has 0 aliphatic carbocycles. The largest absolute Gasteiger partial charge is 0.488 e. The number of hydrogen-bond donors (Lipinski definition) is 0. The molecule has 2 aromatic rings. The van der Waals surface area contributed by atoms with Gasteiger partial charge < -0.3 is 9.64 Å². The summed E-state index contributed by atoms with van der Waals surface area (Å²) in [6, 6.07) is 5.85. The smallest absolute Gasteiger partial charge is 0.264 e. The van der Waals surface area contributed by atoms with E-state index in [9.17, 15) is 4.79 Å². The Balaban J connectivity index is 1.34. The van der Waals surface area contributed by atoms with Gasteiger partial charge in [-0.05, 0) is 37.6 Å². The number of amides is 1. The van der Waals surface area contributed by atoms with Gasteiger partial charge in [-0.3, -0.25) is 9.78 Å². The normalized spacial score (nSPS) is 21.8. The standard InChI is InChI=1S/C18H20N2O2S2/c1-12-6-16(24-13(12)2)17(21)20-10-18(11-20)7-15(9-23-18)22-14-4-3-5-19-8-14/h3-6,8,15H,7,9-11H2,1-2H3. The van der Waals surface area contributed by atoms with Crippen LogP contribution in [0.2, 0.25) is 0 Å². The van der Waals surface area contributed by atoms with Crippen LogP contribution in [0.3, 0.4) is 0 Å². The van der Waals surface area contributed by atoms with E-state index in [1.165, 1.54) is 10.4 Å². The predicted molar refractivity (Wildman–Crippen MR) is 98.2 cm³/mol. The van der Waals surface area contributed by atoms with Gasteiger partial charge in [0.2, 0.25) is 0 Å². The topological polar surface area (TPSA) is 42.4 Å². The lowest BCUT2D eigenvalue weighted by atomic mass is 9.92. The Morgan fingerprint density at radius 2 is 2.25 bits per heavy atom. The number of hydrogen-bond acceptors (Lipinski definition) is 5. The third kappa shape index (κ3) is 2.93. The molecule has 24 heavy (non-hydrogen) atoms. The molecular formula is C18H20N2O2S2. The Labute approximate surface area is 150 Å². The summed E-state index contributed by atoms with van der Waals surface area (Å²) in [5.74, 6) is 1.99. The van der Waals surface area contributed by atoms with Crippen LogP contribution in [0.15, 0.2) is 30.6 Å². The molecule has 4 nitrogen and oxygen atoms in total.